The average molecular weight is 318 g/mol. The third-order valence-electron chi connectivity index (χ3n) is 3.82. The molecule has 1 aliphatic rings. The smallest absolute Gasteiger partial charge is 0.239 e. The molecule has 0 radical (unpaired) electrons. The van der Waals surface area contributed by atoms with E-state index in [1.165, 1.54) is 9.87 Å². The molecule has 0 unspecified atom stereocenters. The topological polar surface area (TPSA) is 63.4 Å². The number of nitrogens with zero attached hydrogens (tertiary/aromatic N) is 2. The quantitative estimate of drug-likeness (QED) is 0.869. The summed E-state index contributed by atoms with van der Waals surface area (Å²) in [5.74, 6) is 0.673. The van der Waals surface area contributed by atoms with Crippen molar-refractivity contribution in [2.24, 2.45) is 0 Å². The molecule has 0 saturated heterocycles. The molecule has 5 nitrogen and oxygen atoms in total. The summed E-state index contributed by atoms with van der Waals surface area (Å²) < 4.78 is 31.7. The Morgan fingerprint density at radius 1 is 1.27 bits per heavy atom. The highest BCUT2D eigenvalue weighted by Crippen LogP contribution is 2.28. The zero-order valence-corrected chi connectivity index (χ0v) is 13.4. The van der Waals surface area contributed by atoms with E-state index < -0.39 is 10.0 Å². The molecule has 0 spiro atoms. The highest BCUT2D eigenvalue weighted by molar-refractivity contribution is 7.93. The van der Waals surface area contributed by atoms with Crippen molar-refractivity contribution in [3.63, 3.8) is 0 Å². The lowest BCUT2D eigenvalue weighted by atomic mass is 9.98. The van der Waals surface area contributed by atoms with Gasteiger partial charge in [0.1, 0.15) is 5.76 Å². The zero-order chi connectivity index (χ0) is 15.7. The first-order valence-corrected chi connectivity index (χ1v) is 8.58. The van der Waals surface area contributed by atoms with E-state index in [0.717, 1.165) is 12.0 Å². The number of fused-ring (bicyclic) bond motifs is 1. The molecule has 22 heavy (non-hydrogen) atoms. The zero-order valence-electron chi connectivity index (χ0n) is 12.6. The van der Waals surface area contributed by atoms with Crippen molar-refractivity contribution in [3.8, 4) is 0 Å². The Morgan fingerprint density at radius 2 is 2.05 bits per heavy atom. The molecule has 116 valence electrons. The first kappa shape index (κ1) is 15.0. The van der Waals surface area contributed by atoms with E-state index in [1.807, 2.05) is 24.3 Å². The third kappa shape index (κ3) is 2.84. The molecule has 0 saturated carbocycles. The number of sulfonamides is 1. The van der Waals surface area contributed by atoms with Crippen molar-refractivity contribution in [1.82, 2.24) is 9.46 Å². The molecule has 1 heterocycles. The van der Waals surface area contributed by atoms with Crippen molar-refractivity contribution < 1.29 is 12.9 Å². The molecular formula is C16H18N2O3S. The Hall–Kier alpha value is -1.92. The van der Waals surface area contributed by atoms with E-state index in [-0.39, 0.29) is 6.54 Å². The van der Waals surface area contributed by atoms with Crippen LogP contribution in [0.4, 0.5) is 0 Å². The SMILES string of the molecule is Cc1cc(CN(C)S(=O)(=O)C2=Cc3ccccc3CC2)no1. The van der Waals surface area contributed by atoms with Crippen LogP contribution in [0.1, 0.15) is 29.0 Å². The van der Waals surface area contributed by atoms with Gasteiger partial charge in [-0.3, -0.25) is 0 Å². The van der Waals surface area contributed by atoms with Crippen LogP contribution in [0.15, 0.2) is 39.8 Å². The van der Waals surface area contributed by atoms with E-state index in [4.69, 9.17) is 4.52 Å². The number of benzene rings is 1. The van der Waals surface area contributed by atoms with E-state index in [1.54, 1.807) is 26.1 Å². The second-order valence-corrected chi connectivity index (χ2v) is 7.60. The molecule has 1 aromatic heterocycles. The standard InChI is InChI=1S/C16H18N2O3S/c1-12-9-15(17-21-12)11-18(2)22(19,20)16-8-7-13-5-3-4-6-14(13)10-16/h3-6,9-10H,7-8,11H2,1-2H3. The predicted octanol–water partition coefficient (Wildman–Crippen LogP) is 2.73. The van der Waals surface area contributed by atoms with Gasteiger partial charge in [-0.25, -0.2) is 8.42 Å². The maximum atomic E-state index is 12.7. The highest BCUT2D eigenvalue weighted by Gasteiger charge is 2.26. The number of allylic oxidation sites excluding steroid dienone is 1. The second-order valence-electron chi connectivity index (χ2n) is 5.50. The first-order valence-electron chi connectivity index (χ1n) is 7.14. The average Bonchev–Trinajstić information content (AvgIpc) is 2.91. The van der Waals surface area contributed by atoms with Gasteiger partial charge in [0.05, 0.1) is 17.1 Å². The van der Waals surface area contributed by atoms with Gasteiger partial charge in [-0.05, 0) is 37.0 Å². The Labute approximate surface area is 130 Å². The Morgan fingerprint density at radius 3 is 2.77 bits per heavy atom. The first-order chi connectivity index (χ1) is 10.5. The van der Waals surface area contributed by atoms with Crippen LogP contribution in [0.2, 0.25) is 0 Å². The Kier molecular flexibility index (Phi) is 3.88. The van der Waals surface area contributed by atoms with Gasteiger partial charge < -0.3 is 4.52 Å². The second kappa shape index (κ2) is 5.70. The Bertz CT molecular complexity index is 821. The lowest BCUT2D eigenvalue weighted by molar-refractivity contribution is 0.378. The summed E-state index contributed by atoms with van der Waals surface area (Å²) in [7, 11) is -1.91. The minimum Gasteiger partial charge on any atom is -0.361 e. The fourth-order valence-electron chi connectivity index (χ4n) is 2.62. The molecule has 0 fully saturated rings. The number of hydrogen-bond donors (Lipinski definition) is 0. The van der Waals surface area contributed by atoms with E-state index in [9.17, 15) is 8.42 Å². The highest BCUT2D eigenvalue weighted by atomic mass is 32.2. The predicted molar refractivity (Wildman–Crippen MR) is 84.4 cm³/mol. The van der Waals surface area contributed by atoms with Gasteiger partial charge in [0.25, 0.3) is 0 Å². The molecule has 3 rings (SSSR count). The molecule has 0 aliphatic heterocycles. The van der Waals surface area contributed by atoms with Crippen LogP contribution in [0, 0.1) is 6.92 Å². The normalized spacial score (nSPS) is 14.8. The molecule has 6 heteroatoms. The lowest BCUT2D eigenvalue weighted by Gasteiger charge is -2.21. The third-order valence-corrected chi connectivity index (χ3v) is 5.75. The van der Waals surface area contributed by atoms with Crippen molar-refractivity contribution in [1.29, 1.82) is 0 Å². The fourth-order valence-corrected chi connectivity index (χ4v) is 3.95. The maximum absolute atomic E-state index is 12.7. The van der Waals surface area contributed by atoms with Crippen LogP contribution >= 0.6 is 0 Å². The van der Waals surface area contributed by atoms with E-state index in [0.29, 0.717) is 22.8 Å². The van der Waals surface area contributed by atoms with Crippen LogP contribution in [0.25, 0.3) is 6.08 Å². The number of aryl methyl sites for hydroxylation is 2. The molecule has 2 aromatic rings. The van der Waals surface area contributed by atoms with Crippen molar-refractivity contribution >= 4 is 16.1 Å². The lowest BCUT2D eigenvalue weighted by Crippen LogP contribution is -2.28. The molecule has 1 aromatic carbocycles. The summed E-state index contributed by atoms with van der Waals surface area (Å²) in [5.41, 5.74) is 2.79. The van der Waals surface area contributed by atoms with Crippen LogP contribution < -0.4 is 0 Å². The van der Waals surface area contributed by atoms with Crippen molar-refractivity contribution in [2.45, 2.75) is 26.3 Å². The van der Waals surface area contributed by atoms with E-state index in [2.05, 4.69) is 5.16 Å². The fraction of sp³-hybridized carbons (Fsp3) is 0.312. The minimum absolute atomic E-state index is 0.207. The van der Waals surface area contributed by atoms with Gasteiger partial charge in [-0.15, -0.1) is 0 Å². The van der Waals surface area contributed by atoms with Gasteiger partial charge in [0, 0.05) is 13.1 Å². The van der Waals surface area contributed by atoms with Crippen LogP contribution in [-0.2, 0) is 23.0 Å². The molecule has 0 amide bonds. The van der Waals surface area contributed by atoms with Gasteiger partial charge in [-0.2, -0.15) is 4.31 Å². The monoisotopic (exact) mass is 318 g/mol. The summed E-state index contributed by atoms with van der Waals surface area (Å²) >= 11 is 0. The Balaban J connectivity index is 1.85. The molecule has 0 N–H and O–H groups in total. The minimum atomic E-state index is -3.48. The van der Waals surface area contributed by atoms with Gasteiger partial charge in [0.2, 0.25) is 10.0 Å². The number of aromatic nitrogens is 1. The maximum Gasteiger partial charge on any atom is 0.239 e. The van der Waals surface area contributed by atoms with Crippen molar-refractivity contribution in [2.75, 3.05) is 7.05 Å². The largest absolute Gasteiger partial charge is 0.361 e. The van der Waals surface area contributed by atoms with E-state index >= 15 is 0 Å². The summed E-state index contributed by atoms with van der Waals surface area (Å²) in [6.45, 7) is 1.99. The van der Waals surface area contributed by atoms with Gasteiger partial charge >= 0.3 is 0 Å². The van der Waals surface area contributed by atoms with Crippen LogP contribution in [-0.4, -0.2) is 24.9 Å². The molecule has 0 atom stereocenters. The van der Waals surface area contributed by atoms with Crippen molar-refractivity contribution in [3.05, 3.63) is 57.8 Å². The molecule has 1 aliphatic carbocycles. The molecular weight excluding hydrogens is 300 g/mol. The van der Waals surface area contributed by atoms with Gasteiger partial charge in [-0.1, -0.05) is 29.4 Å². The number of hydrogen-bond acceptors (Lipinski definition) is 4. The number of rotatable bonds is 4. The van der Waals surface area contributed by atoms with Crippen LogP contribution in [0.3, 0.4) is 0 Å². The van der Waals surface area contributed by atoms with Gasteiger partial charge in [0.15, 0.2) is 0 Å². The summed E-state index contributed by atoms with van der Waals surface area (Å²) in [4.78, 5) is 0.453. The summed E-state index contributed by atoms with van der Waals surface area (Å²) in [6.07, 6.45) is 3.05. The summed E-state index contributed by atoms with van der Waals surface area (Å²) in [5, 5.41) is 3.85. The summed E-state index contributed by atoms with van der Waals surface area (Å²) in [6, 6.07) is 9.64. The molecule has 0 bridgehead atoms. The van der Waals surface area contributed by atoms with Crippen LogP contribution in [0.5, 0.6) is 0 Å².